The van der Waals surface area contributed by atoms with E-state index in [0.29, 0.717) is 29.4 Å². The Bertz CT molecular complexity index is 964. The molecule has 1 amide bonds. The molecular weight excluding hydrogens is 420 g/mol. The molecule has 0 bridgehead atoms. The van der Waals surface area contributed by atoms with Crippen LogP contribution in [0.5, 0.6) is 17.2 Å². The molecule has 0 radical (unpaired) electrons. The Kier molecular flexibility index (Phi) is 8.99. The molecule has 170 valence electrons. The van der Waals surface area contributed by atoms with Gasteiger partial charge < -0.3 is 19.5 Å². The highest BCUT2D eigenvalue weighted by atomic mass is 32.2. The maximum Gasteiger partial charge on any atom is 0.232 e. The van der Waals surface area contributed by atoms with E-state index < -0.39 is 10.0 Å². The lowest BCUT2D eigenvalue weighted by atomic mass is 10.2. The topological polar surface area (TPSA) is 94.2 Å². The highest BCUT2D eigenvalue weighted by molar-refractivity contribution is 7.92. The number of rotatable bonds is 12. The second-order valence-corrected chi connectivity index (χ2v) is 8.95. The van der Waals surface area contributed by atoms with Crippen molar-refractivity contribution in [3.63, 3.8) is 0 Å². The number of benzene rings is 2. The van der Waals surface area contributed by atoms with Crippen LogP contribution >= 0.6 is 0 Å². The van der Waals surface area contributed by atoms with Crippen molar-refractivity contribution in [1.29, 1.82) is 0 Å². The number of nitrogens with one attached hydrogen (secondary N) is 1. The number of hydrogen-bond acceptors (Lipinski definition) is 6. The maximum absolute atomic E-state index is 12.3. The Hall–Kier alpha value is -2.94. The first kappa shape index (κ1) is 24.3. The van der Waals surface area contributed by atoms with E-state index in [-0.39, 0.29) is 31.5 Å². The molecule has 0 aliphatic rings. The SMILES string of the molecule is COc1ccccc1OCC(C)NC(=O)CCCN(c1ccccc1OC)S(C)(=O)=O. The van der Waals surface area contributed by atoms with Crippen molar-refractivity contribution in [3.05, 3.63) is 48.5 Å². The molecule has 0 heterocycles. The molecule has 1 atom stereocenters. The molecule has 0 aliphatic heterocycles. The third-order valence-electron chi connectivity index (χ3n) is 4.48. The van der Waals surface area contributed by atoms with Gasteiger partial charge in [0.1, 0.15) is 12.4 Å². The summed E-state index contributed by atoms with van der Waals surface area (Å²) in [7, 11) is -0.473. The average Bonchev–Trinajstić information content (AvgIpc) is 2.74. The van der Waals surface area contributed by atoms with Crippen LogP contribution in [0.15, 0.2) is 48.5 Å². The van der Waals surface area contributed by atoms with Gasteiger partial charge in [0.2, 0.25) is 15.9 Å². The van der Waals surface area contributed by atoms with Crippen molar-refractivity contribution >= 4 is 21.6 Å². The molecule has 8 nitrogen and oxygen atoms in total. The summed E-state index contributed by atoms with van der Waals surface area (Å²) in [5.41, 5.74) is 0.450. The van der Waals surface area contributed by atoms with Crippen molar-refractivity contribution in [2.75, 3.05) is 37.9 Å². The van der Waals surface area contributed by atoms with E-state index in [1.807, 2.05) is 19.1 Å². The van der Waals surface area contributed by atoms with Crippen LogP contribution in [0, 0.1) is 0 Å². The van der Waals surface area contributed by atoms with Crippen molar-refractivity contribution < 1.29 is 27.4 Å². The molecule has 1 unspecified atom stereocenters. The number of carbonyl (C=O) groups excluding carboxylic acids is 1. The first-order chi connectivity index (χ1) is 14.8. The second-order valence-electron chi connectivity index (χ2n) is 7.04. The predicted octanol–water partition coefficient (Wildman–Crippen LogP) is 2.83. The molecule has 1 N–H and O–H groups in total. The van der Waals surface area contributed by atoms with Crippen LogP contribution in [0.1, 0.15) is 19.8 Å². The lowest BCUT2D eigenvalue weighted by molar-refractivity contribution is -0.121. The summed E-state index contributed by atoms with van der Waals surface area (Å²) < 4.78 is 42.0. The first-order valence-electron chi connectivity index (χ1n) is 9.92. The van der Waals surface area contributed by atoms with Gasteiger partial charge in [-0.1, -0.05) is 24.3 Å². The summed E-state index contributed by atoms with van der Waals surface area (Å²) in [5.74, 6) is 1.51. The summed E-state index contributed by atoms with van der Waals surface area (Å²) in [4.78, 5) is 12.3. The molecule has 0 saturated heterocycles. The van der Waals surface area contributed by atoms with Crippen molar-refractivity contribution in [3.8, 4) is 17.2 Å². The van der Waals surface area contributed by atoms with Crippen LogP contribution in [0.4, 0.5) is 5.69 Å². The fourth-order valence-electron chi connectivity index (χ4n) is 3.03. The minimum Gasteiger partial charge on any atom is -0.495 e. The summed E-state index contributed by atoms with van der Waals surface area (Å²) in [6.07, 6.45) is 1.67. The van der Waals surface area contributed by atoms with Gasteiger partial charge in [-0.15, -0.1) is 0 Å². The molecule has 0 fully saturated rings. The molecule has 9 heteroatoms. The average molecular weight is 451 g/mol. The monoisotopic (exact) mass is 450 g/mol. The third kappa shape index (κ3) is 7.36. The lowest BCUT2D eigenvalue weighted by Crippen LogP contribution is -2.37. The van der Waals surface area contributed by atoms with E-state index in [4.69, 9.17) is 14.2 Å². The van der Waals surface area contributed by atoms with Crippen molar-refractivity contribution in [2.24, 2.45) is 0 Å². The first-order valence-corrected chi connectivity index (χ1v) is 11.8. The Morgan fingerprint density at radius 2 is 1.58 bits per heavy atom. The number of anilines is 1. The molecule has 0 aromatic heterocycles. The number of hydrogen-bond donors (Lipinski definition) is 1. The third-order valence-corrected chi connectivity index (χ3v) is 5.66. The molecule has 2 aromatic rings. The largest absolute Gasteiger partial charge is 0.495 e. The second kappa shape index (κ2) is 11.5. The van der Waals surface area contributed by atoms with E-state index in [1.165, 1.54) is 11.4 Å². The van der Waals surface area contributed by atoms with Crippen LogP contribution in [-0.4, -0.2) is 54.0 Å². The van der Waals surface area contributed by atoms with Gasteiger partial charge in [0.25, 0.3) is 0 Å². The number of methoxy groups -OCH3 is 2. The van der Waals surface area contributed by atoms with Gasteiger partial charge in [0.15, 0.2) is 11.5 Å². The van der Waals surface area contributed by atoms with E-state index in [9.17, 15) is 13.2 Å². The highest BCUT2D eigenvalue weighted by Crippen LogP contribution is 2.29. The zero-order valence-electron chi connectivity index (χ0n) is 18.3. The van der Waals surface area contributed by atoms with Gasteiger partial charge in [-0.2, -0.15) is 0 Å². The van der Waals surface area contributed by atoms with E-state index in [2.05, 4.69) is 5.32 Å². The summed E-state index contributed by atoms with van der Waals surface area (Å²) in [6, 6.07) is 14.0. The molecule has 2 rings (SSSR count). The standard InChI is InChI=1S/C22H30N2O6S/c1-17(16-30-21-13-8-7-12-20(21)29-3)23-22(25)14-9-15-24(31(4,26)27)18-10-5-6-11-19(18)28-2/h5-8,10-13,17H,9,14-16H2,1-4H3,(H,23,25). The van der Waals surface area contributed by atoms with Crippen LogP contribution in [0.2, 0.25) is 0 Å². The zero-order valence-corrected chi connectivity index (χ0v) is 19.1. The van der Waals surface area contributed by atoms with E-state index in [1.54, 1.807) is 43.5 Å². The number of para-hydroxylation sites is 4. The summed E-state index contributed by atoms with van der Waals surface area (Å²) >= 11 is 0. The van der Waals surface area contributed by atoms with Crippen LogP contribution in [0.25, 0.3) is 0 Å². The molecule has 0 aliphatic carbocycles. The Balaban J connectivity index is 1.86. The van der Waals surface area contributed by atoms with Gasteiger partial charge in [-0.3, -0.25) is 9.10 Å². The fourth-order valence-corrected chi connectivity index (χ4v) is 3.99. The van der Waals surface area contributed by atoms with Crippen LogP contribution < -0.4 is 23.8 Å². The minimum atomic E-state index is -3.53. The summed E-state index contributed by atoms with van der Waals surface area (Å²) in [5, 5.41) is 2.87. The normalized spacial score (nSPS) is 12.0. The van der Waals surface area contributed by atoms with Crippen molar-refractivity contribution in [1.82, 2.24) is 5.32 Å². The molecule has 2 aromatic carbocycles. The van der Waals surface area contributed by atoms with Gasteiger partial charge in [0, 0.05) is 13.0 Å². The Morgan fingerprint density at radius 1 is 1.00 bits per heavy atom. The van der Waals surface area contributed by atoms with E-state index in [0.717, 1.165) is 6.26 Å². The van der Waals surface area contributed by atoms with Gasteiger partial charge in [0.05, 0.1) is 32.2 Å². The van der Waals surface area contributed by atoms with Crippen LogP contribution in [-0.2, 0) is 14.8 Å². The van der Waals surface area contributed by atoms with Crippen LogP contribution in [0.3, 0.4) is 0 Å². The van der Waals surface area contributed by atoms with E-state index >= 15 is 0 Å². The Morgan fingerprint density at radius 3 is 2.19 bits per heavy atom. The number of ether oxygens (including phenoxy) is 3. The molecular formula is C22H30N2O6S. The highest BCUT2D eigenvalue weighted by Gasteiger charge is 2.21. The predicted molar refractivity (Wildman–Crippen MR) is 121 cm³/mol. The fraction of sp³-hybridized carbons (Fsp3) is 0.409. The lowest BCUT2D eigenvalue weighted by Gasteiger charge is -2.24. The maximum atomic E-state index is 12.3. The number of nitrogens with zero attached hydrogens (tertiary/aromatic N) is 1. The molecule has 31 heavy (non-hydrogen) atoms. The minimum absolute atomic E-state index is 0.165. The number of amides is 1. The summed E-state index contributed by atoms with van der Waals surface area (Å²) in [6.45, 7) is 2.28. The number of sulfonamides is 1. The molecule has 0 spiro atoms. The quantitative estimate of drug-likeness (QED) is 0.534. The van der Waals surface area contributed by atoms with Gasteiger partial charge in [-0.05, 0) is 37.6 Å². The Labute approximate surface area is 184 Å². The smallest absolute Gasteiger partial charge is 0.232 e. The zero-order chi connectivity index (χ0) is 22.9. The van der Waals surface area contributed by atoms with Crippen molar-refractivity contribution in [2.45, 2.75) is 25.8 Å². The number of carbonyl (C=O) groups is 1. The molecule has 0 saturated carbocycles. The van der Waals surface area contributed by atoms with Gasteiger partial charge >= 0.3 is 0 Å². The van der Waals surface area contributed by atoms with Gasteiger partial charge in [-0.25, -0.2) is 8.42 Å².